The molecule has 0 aliphatic carbocycles. The predicted octanol–water partition coefficient (Wildman–Crippen LogP) is 4.28. The van der Waals surface area contributed by atoms with E-state index >= 15 is 0 Å². The van der Waals surface area contributed by atoms with E-state index in [1.807, 2.05) is 39.5 Å². The van der Waals surface area contributed by atoms with Gasteiger partial charge in [0, 0.05) is 30.4 Å². The third-order valence-electron chi connectivity index (χ3n) is 3.38. The SMILES string of the molecule is CC.Cc1cccc2c(C)c(-c3cnn(C)c3)ncc12. The molecule has 104 valence electrons. The van der Waals surface area contributed by atoms with E-state index in [9.17, 15) is 0 Å². The molecule has 0 amide bonds. The lowest BCUT2D eigenvalue weighted by Gasteiger charge is -2.08. The van der Waals surface area contributed by atoms with Crippen molar-refractivity contribution in [2.45, 2.75) is 27.7 Å². The van der Waals surface area contributed by atoms with Crippen LogP contribution in [0.1, 0.15) is 25.0 Å². The van der Waals surface area contributed by atoms with Crippen LogP contribution in [0.5, 0.6) is 0 Å². The van der Waals surface area contributed by atoms with E-state index in [2.05, 4.69) is 42.1 Å². The minimum Gasteiger partial charge on any atom is -0.275 e. The van der Waals surface area contributed by atoms with Crippen LogP contribution in [0.3, 0.4) is 0 Å². The van der Waals surface area contributed by atoms with Gasteiger partial charge in [-0.05, 0) is 30.4 Å². The molecule has 0 unspecified atom stereocenters. The number of hydrogen-bond donors (Lipinski definition) is 0. The van der Waals surface area contributed by atoms with Gasteiger partial charge in [0.25, 0.3) is 0 Å². The van der Waals surface area contributed by atoms with Crippen molar-refractivity contribution in [3.05, 3.63) is 47.9 Å². The van der Waals surface area contributed by atoms with E-state index < -0.39 is 0 Å². The summed E-state index contributed by atoms with van der Waals surface area (Å²) in [5.74, 6) is 0. The fraction of sp³-hybridized carbons (Fsp3) is 0.294. The molecule has 1 aromatic carbocycles. The highest BCUT2D eigenvalue weighted by atomic mass is 15.2. The lowest BCUT2D eigenvalue weighted by molar-refractivity contribution is 0.768. The van der Waals surface area contributed by atoms with Gasteiger partial charge in [-0.1, -0.05) is 32.0 Å². The first-order valence-corrected chi connectivity index (χ1v) is 7.01. The number of aromatic nitrogens is 3. The van der Waals surface area contributed by atoms with E-state index in [1.54, 1.807) is 4.68 Å². The third-order valence-corrected chi connectivity index (χ3v) is 3.38. The number of hydrogen-bond acceptors (Lipinski definition) is 2. The molecule has 0 saturated carbocycles. The summed E-state index contributed by atoms with van der Waals surface area (Å²) in [6.07, 6.45) is 5.81. The minimum absolute atomic E-state index is 1.02. The second kappa shape index (κ2) is 5.87. The Morgan fingerprint density at radius 2 is 1.75 bits per heavy atom. The van der Waals surface area contributed by atoms with E-state index in [-0.39, 0.29) is 0 Å². The average molecular weight is 267 g/mol. The summed E-state index contributed by atoms with van der Waals surface area (Å²) in [6, 6.07) is 6.37. The highest BCUT2D eigenvalue weighted by Crippen LogP contribution is 2.28. The van der Waals surface area contributed by atoms with Crippen LogP contribution < -0.4 is 0 Å². The molecule has 0 spiro atoms. The highest BCUT2D eigenvalue weighted by molar-refractivity contribution is 5.91. The largest absolute Gasteiger partial charge is 0.275 e. The Morgan fingerprint density at radius 3 is 2.40 bits per heavy atom. The molecule has 2 aromatic heterocycles. The number of aryl methyl sites for hydroxylation is 3. The molecule has 0 N–H and O–H groups in total. The quantitative estimate of drug-likeness (QED) is 0.659. The minimum atomic E-state index is 1.02. The van der Waals surface area contributed by atoms with Crippen molar-refractivity contribution in [1.29, 1.82) is 0 Å². The Labute approximate surface area is 120 Å². The lowest BCUT2D eigenvalue weighted by atomic mass is 10.0. The van der Waals surface area contributed by atoms with E-state index in [0.717, 1.165) is 11.3 Å². The van der Waals surface area contributed by atoms with Gasteiger partial charge in [0.05, 0.1) is 11.9 Å². The predicted molar refractivity (Wildman–Crippen MR) is 84.8 cm³/mol. The highest BCUT2D eigenvalue weighted by Gasteiger charge is 2.09. The Bertz CT molecular complexity index is 726. The van der Waals surface area contributed by atoms with Crippen molar-refractivity contribution in [3.63, 3.8) is 0 Å². The van der Waals surface area contributed by atoms with Crippen LogP contribution >= 0.6 is 0 Å². The molecule has 2 heterocycles. The fourth-order valence-corrected chi connectivity index (χ4v) is 2.37. The van der Waals surface area contributed by atoms with Gasteiger partial charge in [0.1, 0.15) is 0 Å². The zero-order chi connectivity index (χ0) is 14.7. The van der Waals surface area contributed by atoms with E-state index in [4.69, 9.17) is 0 Å². The maximum atomic E-state index is 4.60. The molecule has 0 atom stereocenters. The Morgan fingerprint density at radius 1 is 1.00 bits per heavy atom. The van der Waals surface area contributed by atoms with Crippen molar-refractivity contribution in [2.24, 2.45) is 7.05 Å². The Balaban J connectivity index is 0.000000704. The van der Waals surface area contributed by atoms with Crippen molar-refractivity contribution in [1.82, 2.24) is 14.8 Å². The summed E-state index contributed by atoms with van der Waals surface area (Å²) in [7, 11) is 1.92. The van der Waals surface area contributed by atoms with Gasteiger partial charge in [0.2, 0.25) is 0 Å². The summed E-state index contributed by atoms with van der Waals surface area (Å²) < 4.78 is 1.80. The molecule has 0 bridgehead atoms. The van der Waals surface area contributed by atoms with Gasteiger partial charge in [0.15, 0.2) is 0 Å². The average Bonchev–Trinajstić information content (AvgIpc) is 2.89. The monoisotopic (exact) mass is 267 g/mol. The van der Waals surface area contributed by atoms with Crippen LogP contribution in [-0.4, -0.2) is 14.8 Å². The second-order valence-electron chi connectivity index (χ2n) is 4.67. The first-order chi connectivity index (χ1) is 9.66. The number of rotatable bonds is 1. The molecule has 0 fully saturated rings. The van der Waals surface area contributed by atoms with E-state index in [0.29, 0.717) is 0 Å². The molecule has 0 radical (unpaired) electrons. The standard InChI is InChI=1S/C15H15N3.C2H6/c1-10-5-4-6-13-11(2)15(16-8-14(10)13)12-7-17-18(3)9-12;1-2/h4-9H,1-3H3;1-2H3. The second-order valence-corrected chi connectivity index (χ2v) is 4.67. The van der Waals surface area contributed by atoms with Gasteiger partial charge in [-0.25, -0.2) is 0 Å². The first-order valence-electron chi connectivity index (χ1n) is 7.01. The van der Waals surface area contributed by atoms with Gasteiger partial charge < -0.3 is 0 Å². The summed E-state index contributed by atoms with van der Waals surface area (Å²) in [6.45, 7) is 8.24. The first kappa shape index (κ1) is 14.3. The zero-order valence-corrected chi connectivity index (χ0v) is 12.8. The van der Waals surface area contributed by atoms with Gasteiger partial charge in [-0.15, -0.1) is 0 Å². The Hall–Kier alpha value is -2.16. The van der Waals surface area contributed by atoms with Crippen LogP contribution in [0.15, 0.2) is 36.8 Å². The lowest BCUT2D eigenvalue weighted by Crippen LogP contribution is -1.91. The number of nitrogens with zero attached hydrogens (tertiary/aromatic N) is 3. The Kier molecular flexibility index (Phi) is 4.18. The van der Waals surface area contributed by atoms with Crippen LogP contribution in [0.25, 0.3) is 22.0 Å². The molecule has 3 rings (SSSR count). The maximum absolute atomic E-state index is 4.60. The number of fused-ring (bicyclic) bond motifs is 1. The zero-order valence-electron chi connectivity index (χ0n) is 12.8. The molecule has 3 nitrogen and oxygen atoms in total. The van der Waals surface area contributed by atoms with Gasteiger partial charge in [-0.2, -0.15) is 5.10 Å². The number of pyridine rings is 1. The molecule has 3 aromatic rings. The summed E-state index contributed by atoms with van der Waals surface area (Å²) in [5, 5.41) is 6.70. The van der Waals surface area contributed by atoms with Crippen LogP contribution in [0, 0.1) is 13.8 Å². The van der Waals surface area contributed by atoms with Crippen LogP contribution in [0.4, 0.5) is 0 Å². The maximum Gasteiger partial charge on any atom is 0.0769 e. The fourth-order valence-electron chi connectivity index (χ4n) is 2.37. The van der Waals surface area contributed by atoms with Crippen molar-refractivity contribution in [2.75, 3.05) is 0 Å². The van der Waals surface area contributed by atoms with Crippen molar-refractivity contribution < 1.29 is 0 Å². The molecule has 0 saturated heterocycles. The smallest absolute Gasteiger partial charge is 0.0769 e. The van der Waals surface area contributed by atoms with E-state index in [1.165, 1.54) is 21.9 Å². The molecular formula is C17H21N3. The summed E-state index contributed by atoms with van der Waals surface area (Å²) in [5.41, 5.74) is 4.56. The number of benzene rings is 1. The van der Waals surface area contributed by atoms with Gasteiger partial charge >= 0.3 is 0 Å². The van der Waals surface area contributed by atoms with Crippen LogP contribution in [-0.2, 0) is 7.05 Å². The van der Waals surface area contributed by atoms with Crippen molar-refractivity contribution in [3.8, 4) is 11.3 Å². The molecule has 20 heavy (non-hydrogen) atoms. The van der Waals surface area contributed by atoms with Crippen molar-refractivity contribution >= 4 is 10.8 Å². The molecule has 0 aliphatic heterocycles. The molecule has 0 aliphatic rings. The normalized spacial score (nSPS) is 10.2. The molecule has 3 heteroatoms. The topological polar surface area (TPSA) is 30.7 Å². The van der Waals surface area contributed by atoms with Crippen LogP contribution in [0.2, 0.25) is 0 Å². The third kappa shape index (κ3) is 2.44. The summed E-state index contributed by atoms with van der Waals surface area (Å²) >= 11 is 0. The molecular weight excluding hydrogens is 246 g/mol. The van der Waals surface area contributed by atoms with Gasteiger partial charge in [-0.3, -0.25) is 9.67 Å². The summed E-state index contributed by atoms with van der Waals surface area (Å²) in [4.78, 5) is 4.60.